The number of aliphatic carboxylic acids is 1. The first-order valence-electron chi connectivity index (χ1n) is 5.33. The van der Waals surface area contributed by atoms with E-state index < -0.39 is 5.97 Å². The zero-order valence-electron chi connectivity index (χ0n) is 9.06. The third-order valence-corrected chi connectivity index (χ3v) is 3.43. The second-order valence-electron chi connectivity index (χ2n) is 4.33. The first-order chi connectivity index (χ1) is 7.58. The monoisotopic (exact) mass is 283 g/mol. The van der Waals surface area contributed by atoms with Crippen LogP contribution in [0.1, 0.15) is 13.3 Å². The van der Waals surface area contributed by atoms with E-state index in [1.54, 1.807) is 0 Å². The molecule has 0 amide bonds. The number of hydrogen-bond acceptors (Lipinski definition) is 2. The van der Waals surface area contributed by atoms with E-state index in [0.29, 0.717) is 5.92 Å². The normalized spacial score (nSPS) is 24.8. The molecule has 1 heterocycles. The van der Waals surface area contributed by atoms with Crippen molar-refractivity contribution < 1.29 is 9.90 Å². The van der Waals surface area contributed by atoms with Gasteiger partial charge in [-0.2, -0.15) is 0 Å². The zero-order valence-corrected chi connectivity index (χ0v) is 10.6. The first-order valence-corrected chi connectivity index (χ1v) is 6.12. The van der Waals surface area contributed by atoms with Crippen molar-refractivity contribution in [1.82, 2.24) is 0 Å². The summed E-state index contributed by atoms with van der Waals surface area (Å²) in [5, 5.41) is 9.18. The van der Waals surface area contributed by atoms with Crippen LogP contribution < -0.4 is 4.90 Å². The van der Waals surface area contributed by atoms with Crippen LogP contribution in [0.15, 0.2) is 28.7 Å². The molecule has 86 valence electrons. The lowest BCUT2D eigenvalue weighted by Crippen LogP contribution is -2.35. The van der Waals surface area contributed by atoms with Crippen molar-refractivity contribution in [3.05, 3.63) is 28.7 Å². The number of halogens is 1. The zero-order chi connectivity index (χ0) is 11.7. The highest BCUT2D eigenvalue weighted by Crippen LogP contribution is 2.30. The van der Waals surface area contributed by atoms with Crippen molar-refractivity contribution >= 4 is 27.6 Å². The highest BCUT2D eigenvalue weighted by atomic mass is 79.9. The summed E-state index contributed by atoms with van der Waals surface area (Å²) in [5.74, 6) is -0.301. The molecule has 4 heteroatoms. The second-order valence-corrected chi connectivity index (χ2v) is 5.24. The van der Waals surface area contributed by atoms with E-state index >= 15 is 0 Å². The lowest BCUT2D eigenvalue weighted by atomic mass is 10.1. The molecule has 2 atom stereocenters. The fourth-order valence-corrected chi connectivity index (χ4v) is 2.61. The summed E-state index contributed by atoms with van der Waals surface area (Å²) >= 11 is 3.41. The van der Waals surface area contributed by atoms with Crippen molar-refractivity contribution in [2.75, 3.05) is 11.4 Å². The number of carboxylic acid groups (broad SMARTS) is 1. The Morgan fingerprint density at radius 3 is 2.94 bits per heavy atom. The average molecular weight is 284 g/mol. The molecule has 0 radical (unpaired) electrons. The molecule has 1 fully saturated rings. The van der Waals surface area contributed by atoms with Gasteiger partial charge in [0, 0.05) is 16.7 Å². The van der Waals surface area contributed by atoms with Gasteiger partial charge in [-0.3, -0.25) is 0 Å². The van der Waals surface area contributed by atoms with Crippen LogP contribution in [0.25, 0.3) is 0 Å². The minimum atomic E-state index is -0.732. The molecule has 0 aliphatic carbocycles. The van der Waals surface area contributed by atoms with Gasteiger partial charge in [-0.15, -0.1) is 0 Å². The minimum absolute atomic E-state index is 0.385. The van der Waals surface area contributed by atoms with Crippen molar-refractivity contribution in [2.24, 2.45) is 5.92 Å². The molecular formula is C12H14BrNO2. The fourth-order valence-electron chi connectivity index (χ4n) is 2.22. The summed E-state index contributed by atoms with van der Waals surface area (Å²) < 4.78 is 0.980. The largest absolute Gasteiger partial charge is 0.480 e. The maximum atomic E-state index is 11.2. The summed E-state index contributed by atoms with van der Waals surface area (Å²) in [6.45, 7) is 2.90. The van der Waals surface area contributed by atoms with E-state index in [1.807, 2.05) is 29.2 Å². The van der Waals surface area contributed by atoms with Gasteiger partial charge in [-0.1, -0.05) is 28.9 Å². The molecule has 0 unspecified atom stereocenters. The summed E-state index contributed by atoms with van der Waals surface area (Å²) in [4.78, 5) is 13.1. The van der Waals surface area contributed by atoms with Gasteiger partial charge in [0.25, 0.3) is 0 Å². The van der Waals surface area contributed by atoms with Gasteiger partial charge in [-0.05, 0) is 30.5 Å². The molecule has 1 aliphatic heterocycles. The molecule has 0 saturated carbocycles. The Morgan fingerprint density at radius 1 is 1.56 bits per heavy atom. The lowest BCUT2D eigenvalue weighted by molar-refractivity contribution is -0.138. The number of rotatable bonds is 2. The lowest BCUT2D eigenvalue weighted by Gasteiger charge is -2.23. The predicted octanol–water partition coefficient (Wildman–Crippen LogP) is 2.75. The van der Waals surface area contributed by atoms with Gasteiger partial charge < -0.3 is 10.0 Å². The van der Waals surface area contributed by atoms with Gasteiger partial charge in [0.1, 0.15) is 6.04 Å². The average Bonchev–Trinajstić information content (AvgIpc) is 2.60. The Kier molecular flexibility index (Phi) is 3.19. The van der Waals surface area contributed by atoms with Gasteiger partial charge >= 0.3 is 5.97 Å². The van der Waals surface area contributed by atoms with E-state index in [2.05, 4.69) is 22.9 Å². The minimum Gasteiger partial charge on any atom is -0.480 e. The van der Waals surface area contributed by atoms with Crippen LogP contribution in [0, 0.1) is 5.92 Å². The van der Waals surface area contributed by atoms with E-state index in [0.717, 1.165) is 23.1 Å². The number of carboxylic acids is 1. The second kappa shape index (κ2) is 4.45. The maximum Gasteiger partial charge on any atom is 0.326 e. The van der Waals surface area contributed by atoms with E-state index in [1.165, 1.54) is 0 Å². The Bertz CT molecular complexity index is 408. The van der Waals surface area contributed by atoms with Crippen LogP contribution in [-0.4, -0.2) is 23.7 Å². The topological polar surface area (TPSA) is 40.5 Å². The van der Waals surface area contributed by atoms with Crippen LogP contribution in [0.5, 0.6) is 0 Å². The molecule has 1 N–H and O–H groups in total. The van der Waals surface area contributed by atoms with Crippen LogP contribution >= 0.6 is 15.9 Å². The molecule has 1 aromatic rings. The van der Waals surface area contributed by atoms with Crippen LogP contribution in [0.2, 0.25) is 0 Å². The van der Waals surface area contributed by atoms with Crippen molar-refractivity contribution in [3.8, 4) is 0 Å². The van der Waals surface area contributed by atoms with Gasteiger partial charge in [0.15, 0.2) is 0 Å². The van der Waals surface area contributed by atoms with Gasteiger partial charge in [-0.25, -0.2) is 4.79 Å². The Morgan fingerprint density at radius 2 is 2.31 bits per heavy atom. The summed E-state index contributed by atoms with van der Waals surface area (Å²) in [6.07, 6.45) is 0.724. The predicted molar refractivity (Wildman–Crippen MR) is 66.7 cm³/mol. The molecule has 3 nitrogen and oxygen atoms in total. The van der Waals surface area contributed by atoms with Crippen molar-refractivity contribution in [3.63, 3.8) is 0 Å². The molecule has 1 saturated heterocycles. The molecule has 0 aromatic heterocycles. The molecule has 1 aromatic carbocycles. The van der Waals surface area contributed by atoms with E-state index in [-0.39, 0.29) is 6.04 Å². The molecule has 1 aliphatic rings. The molecule has 0 spiro atoms. The van der Waals surface area contributed by atoms with E-state index in [4.69, 9.17) is 0 Å². The fraction of sp³-hybridized carbons (Fsp3) is 0.417. The van der Waals surface area contributed by atoms with Gasteiger partial charge in [0.2, 0.25) is 0 Å². The number of nitrogens with zero attached hydrogens (tertiary/aromatic N) is 1. The van der Waals surface area contributed by atoms with Crippen molar-refractivity contribution in [2.45, 2.75) is 19.4 Å². The Hall–Kier alpha value is -1.03. The number of benzene rings is 1. The number of anilines is 1. The third kappa shape index (κ3) is 2.21. The quantitative estimate of drug-likeness (QED) is 0.907. The highest BCUT2D eigenvalue weighted by molar-refractivity contribution is 9.10. The summed E-state index contributed by atoms with van der Waals surface area (Å²) in [7, 11) is 0. The number of carbonyl (C=O) groups is 1. The highest BCUT2D eigenvalue weighted by Gasteiger charge is 2.34. The molecular weight excluding hydrogens is 270 g/mol. The maximum absolute atomic E-state index is 11.2. The van der Waals surface area contributed by atoms with Crippen LogP contribution in [0.3, 0.4) is 0 Å². The smallest absolute Gasteiger partial charge is 0.326 e. The van der Waals surface area contributed by atoms with Gasteiger partial charge in [0.05, 0.1) is 0 Å². The van der Waals surface area contributed by atoms with Crippen LogP contribution in [-0.2, 0) is 4.79 Å². The summed E-state index contributed by atoms with van der Waals surface area (Å²) in [6, 6.07) is 7.41. The van der Waals surface area contributed by atoms with Crippen molar-refractivity contribution in [1.29, 1.82) is 0 Å². The summed E-state index contributed by atoms with van der Waals surface area (Å²) in [5.41, 5.74) is 0.978. The third-order valence-electron chi connectivity index (χ3n) is 2.94. The molecule has 2 rings (SSSR count). The SMILES string of the molecule is C[C@H]1C[C@@H](C(=O)O)N(c2cccc(Br)c2)C1. The molecule has 16 heavy (non-hydrogen) atoms. The number of hydrogen-bond donors (Lipinski definition) is 1. The Balaban J connectivity index is 2.28. The Labute approximate surface area is 103 Å². The first kappa shape index (κ1) is 11.5. The molecule has 0 bridgehead atoms. The van der Waals surface area contributed by atoms with Crippen LogP contribution in [0.4, 0.5) is 5.69 Å². The standard InChI is InChI=1S/C12H14BrNO2/c1-8-5-11(12(15)16)14(7-8)10-4-2-3-9(13)6-10/h2-4,6,8,11H,5,7H2,1H3,(H,15,16)/t8-,11-/m0/s1. The van der Waals surface area contributed by atoms with E-state index in [9.17, 15) is 9.90 Å².